The van der Waals surface area contributed by atoms with Gasteiger partial charge in [0.1, 0.15) is 0 Å². The van der Waals surface area contributed by atoms with Crippen LogP contribution >= 0.6 is 0 Å². The van der Waals surface area contributed by atoms with Gasteiger partial charge in [0, 0.05) is 13.1 Å². The molecule has 0 aliphatic carbocycles. The lowest BCUT2D eigenvalue weighted by Crippen LogP contribution is -2.24. The molecule has 0 N–H and O–H groups in total. The Kier molecular flexibility index (Phi) is 2.75. The van der Waals surface area contributed by atoms with E-state index >= 15 is 0 Å². The highest BCUT2D eigenvalue weighted by molar-refractivity contribution is 4.95. The lowest BCUT2D eigenvalue weighted by molar-refractivity contribution is 0.286. The molecule has 1 aromatic rings. The van der Waals surface area contributed by atoms with Crippen LogP contribution in [0.1, 0.15) is 26.8 Å². The van der Waals surface area contributed by atoms with Crippen LogP contribution < -0.4 is 10.4 Å². The summed E-state index contributed by atoms with van der Waals surface area (Å²) in [6.07, 6.45) is 0. The van der Waals surface area contributed by atoms with Gasteiger partial charge >= 0.3 is 11.7 Å². The summed E-state index contributed by atoms with van der Waals surface area (Å²) in [6, 6.07) is 0.466. The Labute approximate surface area is 76.9 Å². The van der Waals surface area contributed by atoms with Crippen LogP contribution in [0.15, 0.2) is 4.79 Å². The molecule has 0 atom stereocenters. The van der Waals surface area contributed by atoms with Crippen molar-refractivity contribution in [2.75, 3.05) is 6.61 Å². The van der Waals surface area contributed by atoms with Gasteiger partial charge in [-0.05, 0) is 20.8 Å². The van der Waals surface area contributed by atoms with Gasteiger partial charge in [-0.25, -0.2) is 14.0 Å². The van der Waals surface area contributed by atoms with E-state index in [0.29, 0.717) is 12.6 Å². The Bertz CT molecular complexity index is 338. The van der Waals surface area contributed by atoms with Crippen molar-refractivity contribution in [1.82, 2.24) is 14.3 Å². The molecule has 0 amide bonds. The van der Waals surface area contributed by atoms with Gasteiger partial charge in [0.25, 0.3) is 0 Å². The van der Waals surface area contributed by atoms with Crippen LogP contribution in [0.2, 0.25) is 0 Å². The third kappa shape index (κ3) is 1.74. The first kappa shape index (κ1) is 9.83. The van der Waals surface area contributed by atoms with E-state index in [1.807, 2.05) is 20.8 Å². The van der Waals surface area contributed by atoms with Crippen molar-refractivity contribution >= 4 is 0 Å². The monoisotopic (exact) mass is 185 g/mol. The highest BCUT2D eigenvalue weighted by Gasteiger charge is 2.13. The number of aromatic nitrogens is 3. The van der Waals surface area contributed by atoms with Crippen LogP contribution in [0.5, 0.6) is 6.01 Å². The van der Waals surface area contributed by atoms with Crippen LogP contribution in [0.4, 0.5) is 0 Å². The van der Waals surface area contributed by atoms with E-state index in [1.54, 1.807) is 7.05 Å². The van der Waals surface area contributed by atoms with Gasteiger partial charge in [-0.15, -0.1) is 5.10 Å². The zero-order valence-electron chi connectivity index (χ0n) is 8.44. The molecule has 1 rings (SSSR count). The summed E-state index contributed by atoms with van der Waals surface area (Å²) in [5.74, 6) is 0. The van der Waals surface area contributed by atoms with Crippen molar-refractivity contribution in [2.45, 2.75) is 26.8 Å². The van der Waals surface area contributed by atoms with Crippen molar-refractivity contribution in [3.05, 3.63) is 10.5 Å². The molecule has 0 aromatic carbocycles. The minimum Gasteiger partial charge on any atom is -0.464 e. The largest absolute Gasteiger partial charge is 0.464 e. The van der Waals surface area contributed by atoms with E-state index in [0.717, 1.165) is 0 Å². The normalized spacial score (nSPS) is 10.8. The molecule has 74 valence electrons. The molecule has 0 saturated carbocycles. The second kappa shape index (κ2) is 3.64. The number of hydrogen-bond acceptors (Lipinski definition) is 3. The summed E-state index contributed by atoms with van der Waals surface area (Å²) in [6.45, 7) is 6.23. The lowest BCUT2D eigenvalue weighted by Gasteiger charge is -2.07. The molecule has 0 fully saturated rings. The van der Waals surface area contributed by atoms with Crippen molar-refractivity contribution in [1.29, 1.82) is 0 Å². The van der Waals surface area contributed by atoms with E-state index < -0.39 is 0 Å². The minimum atomic E-state index is -0.140. The molecule has 0 radical (unpaired) electrons. The predicted molar refractivity (Wildman–Crippen MR) is 49.0 cm³/mol. The maximum Gasteiger partial charge on any atom is 0.348 e. The maximum atomic E-state index is 11.5. The zero-order valence-corrected chi connectivity index (χ0v) is 8.44. The van der Waals surface area contributed by atoms with E-state index in [2.05, 4.69) is 5.10 Å². The Morgan fingerprint density at radius 1 is 1.54 bits per heavy atom. The van der Waals surface area contributed by atoms with Gasteiger partial charge in [-0.1, -0.05) is 0 Å². The first-order chi connectivity index (χ1) is 6.07. The fourth-order valence-electron chi connectivity index (χ4n) is 1.13. The van der Waals surface area contributed by atoms with Crippen molar-refractivity contribution in [2.24, 2.45) is 7.05 Å². The van der Waals surface area contributed by atoms with Gasteiger partial charge in [-0.3, -0.25) is 0 Å². The van der Waals surface area contributed by atoms with Crippen LogP contribution in [-0.4, -0.2) is 21.0 Å². The summed E-state index contributed by atoms with van der Waals surface area (Å²) in [4.78, 5) is 11.5. The summed E-state index contributed by atoms with van der Waals surface area (Å²) in [5.41, 5.74) is -0.140. The summed E-state index contributed by atoms with van der Waals surface area (Å²) in [7, 11) is 1.61. The van der Waals surface area contributed by atoms with Crippen LogP contribution in [0, 0.1) is 0 Å². The zero-order chi connectivity index (χ0) is 10.0. The highest BCUT2D eigenvalue weighted by atomic mass is 16.5. The number of rotatable bonds is 3. The fourth-order valence-corrected chi connectivity index (χ4v) is 1.13. The van der Waals surface area contributed by atoms with E-state index in [-0.39, 0.29) is 11.7 Å². The molecule has 0 bridgehead atoms. The van der Waals surface area contributed by atoms with Crippen LogP contribution in [-0.2, 0) is 7.05 Å². The molecule has 0 aliphatic heterocycles. The molecule has 0 aliphatic rings. The first-order valence-corrected chi connectivity index (χ1v) is 4.36. The van der Waals surface area contributed by atoms with Crippen molar-refractivity contribution in [3.63, 3.8) is 0 Å². The van der Waals surface area contributed by atoms with E-state index in [9.17, 15) is 4.79 Å². The second-order valence-corrected chi connectivity index (χ2v) is 3.09. The molecule has 13 heavy (non-hydrogen) atoms. The van der Waals surface area contributed by atoms with Gasteiger partial charge < -0.3 is 4.74 Å². The third-order valence-electron chi connectivity index (χ3n) is 1.71. The standard InChI is InChI=1S/C8H15N3O2/c1-5-13-7-9-10(4)8(12)11(7)6(2)3/h6H,5H2,1-4H3. The van der Waals surface area contributed by atoms with Crippen molar-refractivity contribution < 1.29 is 4.74 Å². The fraction of sp³-hybridized carbons (Fsp3) is 0.750. The third-order valence-corrected chi connectivity index (χ3v) is 1.71. The average Bonchev–Trinajstić information content (AvgIpc) is 2.28. The number of nitrogens with zero attached hydrogens (tertiary/aromatic N) is 3. The van der Waals surface area contributed by atoms with E-state index in [4.69, 9.17) is 4.74 Å². The van der Waals surface area contributed by atoms with Crippen LogP contribution in [0.25, 0.3) is 0 Å². The Hall–Kier alpha value is -1.26. The van der Waals surface area contributed by atoms with Gasteiger partial charge in [0.15, 0.2) is 0 Å². The Balaban J connectivity index is 3.19. The topological polar surface area (TPSA) is 49.1 Å². The number of hydrogen-bond donors (Lipinski definition) is 0. The van der Waals surface area contributed by atoms with Gasteiger partial charge in [0.05, 0.1) is 6.61 Å². The molecule has 1 aromatic heterocycles. The smallest absolute Gasteiger partial charge is 0.348 e. The number of aryl methyl sites for hydroxylation is 1. The SMILES string of the molecule is CCOc1nn(C)c(=O)n1C(C)C. The number of ether oxygens (including phenoxy) is 1. The maximum absolute atomic E-state index is 11.5. The molecule has 5 heteroatoms. The molecule has 0 unspecified atom stereocenters. The minimum absolute atomic E-state index is 0.0720. The molecule has 5 nitrogen and oxygen atoms in total. The quantitative estimate of drug-likeness (QED) is 0.691. The van der Waals surface area contributed by atoms with Gasteiger partial charge in [0.2, 0.25) is 0 Å². The first-order valence-electron chi connectivity index (χ1n) is 4.36. The lowest BCUT2D eigenvalue weighted by atomic mass is 10.4. The highest BCUT2D eigenvalue weighted by Crippen LogP contribution is 2.10. The Morgan fingerprint density at radius 3 is 2.62 bits per heavy atom. The summed E-state index contributed by atoms with van der Waals surface area (Å²) in [5, 5.41) is 3.97. The summed E-state index contributed by atoms with van der Waals surface area (Å²) < 4.78 is 8.04. The second-order valence-electron chi connectivity index (χ2n) is 3.09. The molecule has 0 spiro atoms. The molecular formula is C8H15N3O2. The average molecular weight is 185 g/mol. The van der Waals surface area contributed by atoms with Gasteiger partial charge in [-0.2, -0.15) is 0 Å². The van der Waals surface area contributed by atoms with E-state index in [1.165, 1.54) is 9.25 Å². The molecule has 1 heterocycles. The Morgan fingerprint density at radius 2 is 2.15 bits per heavy atom. The summed E-state index contributed by atoms with van der Waals surface area (Å²) >= 11 is 0. The van der Waals surface area contributed by atoms with Crippen LogP contribution in [0.3, 0.4) is 0 Å². The predicted octanol–water partition coefficient (Wildman–Crippen LogP) is 0.561. The van der Waals surface area contributed by atoms with Crippen molar-refractivity contribution in [3.8, 4) is 6.01 Å². The molecule has 0 saturated heterocycles. The molecular weight excluding hydrogens is 170 g/mol.